The highest BCUT2D eigenvalue weighted by molar-refractivity contribution is 5.48. The fourth-order valence-electron chi connectivity index (χ4n) is 2.88. The van der Waals surface area contributed by atoms with Crippen LogP contribution in [0.2, 0.25) is 0 Å². The molecule has 0 spiro atoms. The van der Waals surface area contributed by atoms with Crippen molar-refractivity contribution in [3.05, 3.63) is 83.6 Å². The molecular formula is C21H24N4. The summed E-state index contributed by atoms with van der Waals surface area (Å²) in [5.74, 6) is 1.31. The highest BCUT2D eigenvalue weighted by atomic mass is 15.1. The third-order valence-corrected chi connectivity index (χ3v) is 4.38. The van der Waals surface area contributed by atoms with Gasteiger partial charge in [0.05, 0.1) is 0 Å². The van der Waals surface area contributed by atoms with E-state index in [2.05, 4.69) is 58.6 Å². The quantitative estimate of drug-likeness (QED) is 0.635. The molecule has 3 rings (SSSR count). The van der Waals surface area contributed by atoms with Gasteiger partial charge in [-0.3, -0.25) is 0 Å². The summed E-state index contributed by atoms with van der Waals surface area (Å²) in [6.07, 6.45) is 3.89. The number of nitrogens with one attached hydrogen (secondary N) is 1. The molecule has 0 saturated heterocycles. The standard InChI is InChI=1S/C21H24N4/c1-16(18-12-6-3-7-13-18)19-15-24-21(25-20(19)22)23-14-8-11-17-9-4-2-5-10-17/h2-7,9-10,12-13,15-16H,8,11,14H2,1H3,(H3,22,23,24,25). The number of rotatable bonds is 7. The summed E-state index contributed by atoms with van der Waals surface area (Å²) in [6, 6.07) is 20.7. The zero-order chi connectivity index (χ0) is 17.5. The molecule has 3 N–H and O–H groups in total. The Labute approximate surface area is 149 Å². The van der Waals surface area contributed by atoms with Gasteiger partial charge in [0.2, 0.25) is 5.95 Å². The SMILES string of the molecule is CC(c1ccccc1)c1cnc(NCCCc2ccccc2)nc1N. The number of aryl methyl sites for hydroxylation is 1. The van der Waals surface area contributed by atoms with Crippen LogP contribution in [-0.4, -0.2) is 16.5 Å². The summed E-state index contributed by atoms with van der Waals surface area (Å²) in [5, 5.41) is 3.26. The molecule has 0 radical (unpaired) electrons. The second-order valence-electron chi connectivity index (χ2n) is 6.18. The number of aromatic nitrogens is 2. The third-order valence-electron chi connectivity index (χ3n) is 4.38. The summed E-state index contributed by atoms with van der Waals surface area (Å²) in [7, 11) is 0. The number of hydrogen-bond donors (Lipinski definition) is 2. The van der Waals surface area contributed by atoms with Crippen LogP contribution in [0, 0.1) is 0 Å². The Hall–Kier alpha value is -2.88. The zero-order valence-corrected chi connectivity index (χ0v) is 14.5. The Bertz CT molecular complexity index is 788. The first-order chi connectivity index (χ1) is 12.2. The van der Waals surface area contributed by atoms with Gasteiger partial charge in [0.25, 0.3) is 0 Å². The molecule has 128 valence electrons. The molecule has 1 heterocycles. The lowest BCUT2D eigenvalue weighted by Crippen LogP contribution is -2.10. The maximum absolute atomic E-state index is 6.16. The van der Waals surface area contributed by atoms with E-state index >= 15 is 0 Å². The molecule has 1 atom stereocenters. The Kier molecular flexibility index (Phi) is 5.62. The van der Waals surface area contributed by atoms with E-state index < -0.39 is 0 Å². The third kappa shape index (κ3) is 4.57. The molecule has 3 aromatic rings. The maximum atomic E-state index is 6.16. The number of hydrogen-bond acceptors (Lipinski definition) is 4. The highest BCUT2D eigenvalue weighted by Crippen LogP contribution is 2.27. The molecule has 0 aliphatic carbocycles. The van der Waals surface area contributed by atoms with E-state index in [0.717, 1.165) is 24.9 Å². The summed E-state index contributed by atoms with van der Waals surface area (Å²) in [6.45, 7) is 2.94. The number of benzene rings is 2. The maximum Gasteiger partial charge on any atom is 0.224 e. The summed E-state index contributed by atoms with van der Waals surface area (Å²) in [4.78, 5) is 8.85. The van der Waals surface area contributed by atoms with Gasteiger partial charge in [-0.1, -0.05) is 67.6 Å². The monoisotopic (exact) mass is 332 g/mol. The molecule has 0 fully saturated rings. The van der Waals surface area contributed by atoms with Crippen LogP contribution < -0.4 is 11.1 Å². The minimum atomic E-state index is 0.174. The van der Waals surface area contributed by atoms with Crippen LogP contribution in [0.5, 0.6) is 0 Å². The van der Waals surface area contributed by atoms with Gasteiger partial charge < -0.3 is 11.1 Å². The molecule has 4 heteroatoms. The van der Waals surface area contributed by atoms with Crippen molar-refractivity contribution >= 4 is 11.8 Å². The van der Waals surface area contributed by atoms with Crippen LogP contribution in [-0.2, 0) is 6.42 Å². The fraction of sp³-hybridized carbons (Fsp3) is 0.238. The first-order valence-corrected chi connectivity index (χ1v) is 8.69. The van der Waals surface area contributed by atoms with E-state index in [9.17, 15) is 0 Å². The Balaban J connectivity index is 1.56. The fourth-order valence-corrected chi connectivity index (χ4v) is 2.88. The van der Waals surface area contributed by atoms with Crippen LogP contribution >= 0.6 is 0 Å². The van der Waals surface area contributed by atoms with E-state index in [1.54, 1.807) is 0 Å². The van der Waals surface area contributed by atoms with Crippen LogP contribution in [0.3, 0.4) is 0 Å². The minimum absolute atomic E-state index is 0.174. The summed E-state index contributed by atoms with van der Waals surface area (Å²) >= 11 is 0. The molecule has 0 aliphatic heterocycles. The molecule has 2 aromatic carbocycles. The lowest BCUT2D eigenvalue weighted by atomic mass is 9.95. The highest BCUT2D eigenvalue weighted by Gasteiger charge is 2.13. The van der Waals surface area contributed by atoms with Crippen LogP contribution in [0.1, 0.15) is 36.0 Å². The lowest BCUT2D eigenvalue weighted by molar-refractivity contribution is 0.848. The molecule has 1 unspecified atom stereocenters. The minimum Gasteiger partial charge on any atom is -0.383 e. The largest absolute Gasteiger partial charge is 0.383 e. The van der Waals surface area contributed by atoms with Crippen molar-refractivity contribution in [2.75, 3.05) is 17.6 Å². The lowest BCUT2D eigenvalue weighted by Gasteiger charge is -2.14. The summed E-state index contributed by atoms with van der Waals surface area (Å²) < 4.78 is 0. The van der Waals surface area contributed by atoms with E-state index in [4.69, 9.17) is 5.73 Å². The molecule has 0 amide bonds. The van der Waals surface area contributed by atoms with Gasteiger partial charge in [-0.15, -0.1) is 0 Å². The van der Waals surface area contributed by atoms with Gasteiger partial charge in [0.15, 0.2) is 0 Å². The van der Waals surface area contributed by atoms with Crippen LogP contribution in [0.25, 0.3) is 0 Å². The first kappa shape index (κ1) is 17.0. The summed E-state index contributed by atoms with van der Waals surface area (Å²) in [5.41, 5.74) is 9.68. The Morgan fingerprint density at radius 1 is 1.00 bits per heavy atom. The van der Waals surface area contributed by atoms with Crippen molar-refractivity contribution < 1.29 is 0 Å². The smallest absolute Gasteiger partial charge is 0.224 e. The number of anilines is 2. The predicted molar refractivity (Wildman–Crippen MR) is 104 cm³/mol. The molecule has 25 heavy (non-hydrogen) atoms. The van der Waals surface area contributed by atoms with Gasteiger partial charge >= 0.3 is 0 Å². The second kappa shape index (κ2) is 8.29. The predicted octanol–water partition coefficient (Wildman–Crippen LogP) is 4.26. The Morgan fingerprint density at radius 3 is 2.36 bits per heavy atom. The molecule has 1 aromatic heterocycles. The number of nitrogen functional groups attached to an aromatic ring is 1. The van der Waals surface area contributed by atoms with Gasteiger partial charge in [-0.2, -0.15) is 4.98 Å². The van der Waals surface area contributed by atoms with E-state index in [1.165, 1.54) is 11.1 Å². The zero-order valence-electron chi connectivity index (χ0n) is 14.5. The van der Waals surface area contributed by atoms with Crippen molar-refractivity contribution in [3.8, 4) is 0 Å². The molecule has 4 nitrogen and oxygen atoms in total. The van der Waals surface area contributed by atoms with Gasteiger partial charge in [-0.25, -0.2) is 4.98 Å². The van der Waals surface area contributed by atoms with Crippen LogP contribution in [0.4, 0.5) is 11.8 Å². The van der Waals surface area contributed by atoms with Crippen LogP contribution in [0.15, 0.2) is 66.9 Å². The first-order valence-electron chi connectivity index (χ1n) is 8.69. The molecule has 0 bridgehead atoms. The second-order valence-corrected chi connectivity index (χ2v) is 6.18. The van der Waals surface area contributed by atoms with E-state index in [-0.39, 0.29) is 5.92 Å². The van der Waals surface area contributed by atoms with E-state index in [0.29, 0.717) is 11.8 Å². The topological polar surface area (TPSA) is 63.8 Å². The number of nitrogens with two attached hydrogens (primary N) is 1. The Morgan fingerprint density at radius 2 is 1.68 bits per heavy atom. The molecule has 0 saturated carbocycles. The van der Waals surface area contributed by atoms with Crippen molar-refractivity contribution in [3.63, 3.8) is 0 Å². The average molecular weight is 332 g/mol. The molecular weight excluding hydrogens is 308 g/mol. The van der Waals surface area contributed by atoms with E-state index in [1.807, 2.05) is 30.5 Å². The van der Waals surface area contributed by atoms with Crippen molar-refractivity contribution in [2.24, 2.45) is 0 Å². The number of nitrogens with zero attached hydrogens (tertiary/aromatic N) is 2. The van der Waals surface area contributed by atoms with Crippen molar-refractivity contribution in [1.82, 2.24) is 9.97 Å². The average Bonchev–Trinajstić information content (AvgIpc) is 2.66. The van der Waals surface area contributed by atoms with Gasteiger partial charge in [0.1, 0.15) is 5.82 Å². The normalized spacial score (nSPS) is 11.9. The molecule has 0 aliphatic rings. The van der Waals surface area contributed by atoms with Crippen molar-refractivity contribution in [2.45, 2.75) is 25.7 Å². The van der Waals surface area contributed by atoms with Gasteiger partial charge in [0, 0.05) is 24.2 Å². The van der Waals surface area contributed by atoms with Gasteiger partial charge in [-0.05, 0) is 24.0 Å². The van der Waals surface area contributed by atoms with Crippen molar-refractivity contribution in [1.29, 1.82) is 0 Å².